The van der Waals surface area contributed by atoms with Gasteiger partial charge in [-0.05, 0) is 49.8 Å². The van der Waals surface area contributed by atoms with Crippen LogP contribution in [0, 0.1) is 36.1 Å². The van der Waals surface area contributed by atoms with E-state index in [1.165, 1.54) is 19.1 Å². The fourth-order valence-electron chi connectivity index (χ4n) is 3.51. The number of aryl methyl sites for hydroxylation is 1. The zero-order chi connectivity index (χ0) is 23.5. The third-order valence-electron chi connectivity index (χ3n) is 5.31. The summed E-state index contributed by atoms with van der Waals surface area (Å²) in [6.45, 7) is 0.814. The molecular weight excluding hydrogens is 437 g/mol. The molecule has 1 nitrogen and oxygen atoms in total. The molecule has 0 N–H and O–H groups in total. The molecule has 1 aliphatic carbocycles. The summed E-state index contributed by atoms with van der Waals surface area (Å²) in [4.78, 5) is 0. The van der Waals surface area contributed by atoms with Gasteiger partial charge in [0.05, 0.1) is 12.4 Å². The van der Waals surface area contributed by atoms with Crippen molar-refractivity contribution in [2.75, 3.05) is 6.67 Å². The molecule has 0 aliphatic heterocycles. The Morgan fingerprint density at radius 1 is 0.969 bits per heavy atom. The Morgan fingerprint density at radius 2 is 1.62 bits per heavy atom. The molecule has 1 atom stereocenters. The van der Waals surface area contributed by atoms with Crippen molar-refractivity contribution >= 4 is 0 Å². The largest absolute Gasteiger partial charge is 0.434 e. The van der Waals surface area contributed by atoms with Gasteiger partial charge in [0.2, 0.25) is 0 Å². The monoisotopic (exact) mass is 458 g/mol. The van der Waals surface area contributed by atoms with Gasteiger partial charge >= 0.3 is 6.11 Å². The third kappa shape index (κ3) is 5.00. The first kappa shape index (κ1) is 23.9. The van der Waals surface area contributed by atoms with Gasteiger partial charge in [-0.1, -0.05) is 30.4 Å². The lowest BCUT2D eigenvalue weighted by atomic mass is 9.92. The van der Waals surface area contributed by atoms with E-state index >= 15 is 0 Å². The minimum atomic E-state index is -4.18. The Hall–Kier alpha value is -2.77. The predicted octanol–water partition coefficient (Wildman–Crippen LogP) is 7.88. The van der Waals surface area contributed by atoms with Crippen LogP contribution in [-0.4, -0.2) is 6.67 Å². The minimum Gasteiger partial charge on any atom is -0.434 e. The second kappa shape index (κ2) is 9.79. The Balaban J connectivity index is 1.82. The van der Waals surface area contributed by atoms with Gasteiger partial charge in [-0.25, -0.2) is 17.6 Å². The van der Waals surface area contributed by atoms with Crippen LogP contribution in [0.3, 0.4) is 0 Å². The second-order valence-corrected chi connectivity index (χ2v) is 7.58. The summed E-state index contributed by atoms with van der Waals surface area (Å²) in [6, 6.07) is 3.58. The normalized spacial score (nSPS) is 17.0. The maximum absolute atomic E-state index is 14.6. The number of hydrogen-bond acceptors (Lipinski definition) is 1. The van der Waals surface area contributed by atoms with Crippen molar-refractivity contribution in [1.29, 1.82) is 0 Å². The van der Waals surface area contributed by atoms with E-state index in [2.05, 4.69) is 4.74 Å². The van der Waals surface area contributed by atoms with Gasteiger partial charge < -0.3 is 4.74 Å². The van der Waals surface area contributed by atoms with E-state index in [1.807, 2.05) is 6.08 Å². The molecule has 1 aliphatic rings. The fraction of sp³-hybridized carbons (Fsp3) is 0.333. The Labute approximate surface area is 181 Å². The van der Waals surface area contributed by atoms with Crippen LogP contribution in [0.4, 0.5) is 30.7 Å². The van der Waals surface area contributed by atoms with Gasteiger partial charge in [-0.3, -0.25) is 4.39 Å². The predicted molar refractivity (Wildman–Crippen MR) is 107 cm³/mol. The summed E-state index contributed by atoms with van der Waals surface area (Å²) in [7, 11) is 0. The Morgan fingerprint density at radius 3 is 2.25 bits per heavy atom. The highest BCUT2D eigenvalue weighted by atomic mass is 19.3. The Kier molecular flexibility index (Phi) is 7.31. The number of alkyl halides is 3. The first-order valence-electron chi connectivity index (χ1n) is 10.1. The van der Waals surface area contributed by atoms with E-state index in [-0.39, 0.29) is 30.1 Å². The lowest BCUT2D eigenvalue weighted by molar-refractivity contribution is -0.228. The molecule has 0 fully saturated rings. The number of hydrogen-bond donors (Lipinski definition) is 0. The smallest absolute Gasteiger partial charge is 0.429 e. The average Bonchev–Trinajstić information content (AvgIpc) is 2.75. The van der Waals surface area contributed by atoms with Gasteiger partial charge in [0.15, 0.2) is 23.3 Å². The summed E-state index contributed by atoms with van der Waals surface area (Å²) in [5, 5.41) is 0. The highest BCUT2D eigenvalue weighted by molar-refractivity contribution is 5.66. The summed E-state index contributed by atoms with van der Waals surface area (Å²) in [6.07, 6.45) is 2.06. The topological polar surface area (TPSA) is 9.23 Å². The van der Waals surface area contributed by atoms with E-state index in [9.17, 15) is 30.7 Å². The summed E-state index contributed by atoms with van der Waals surface area (Å²) < 4.78 is 103. The molecule has 2 aromatic carbocycles. The minimum absolute atomic E-state index is 0.0374. The van der Waals surface area contributed by atoms with Crippen molar-refractivity contribution in [2.45, 2.75) is 38.7 Å². The molecule has 0 saturated carbocycles. The van der Waals surface area contributed by atoms with Gasteiger partial charge in [0.1, 0.15) is 5.56 Å². The molecule has 0 saturated heterocycles. The second-order valence-electron chi connectivity index (χ2n) is 7.58. The third-order valence-corrected chi connectivity index (χ3v) is 5.31. The molecule has 0 radical (unpaired) electrons. The fourth-order valence-corrected chi connectivity index (χ4v) is 3.51. The first-order valence-corrected chi connectivity index (χ1v) is 10.1. The van der Waals surface area contributed by atoms with E-state index < -0.39 is 52.7 Å². The average molecular weight is 458 g/mol. The standard InChI is InChI=1S/C24H21F7O/c1-14-5-10-17(21(27)20(14)26)18-11-12-19(23(29)22(18)28)24(30,31)32-16-8-6-15(7-9-16)4-2-3-13-25/h2,4-5,8,10-12,15H,3,6-7,9,13H2,1H3/b4-2+. The maximum atomic E-state index is 14.6. The zero-order valence-electron chi connectivity index (χ0n) is 17.2. The molecule has 8 heteroatoms. The van der Waals surface area contributed by atoms with Crippen molar-refractivity contribution in [1.82, 2.24) is 0 Å². The number of allylic oxidation sites excluding steroid dienone is 4. The van der Waals surface area contributed by atoms with Crippen LogP contribution in [-0.2, 0) is 10.8 Å². The van der Waals surface area contributed by atoms with Crippen LogP contribution < -0.4 is 0 Å². The van der Waals surface area contributed by atoms with Crippen LogP contribution >= 0.6 is 0 Å². The van der Waals surface area contributed by atoms with Crippen molar-refractivity contribution in [3.8, 4) is 11.1 Å². The van der Waals surface area contributed by atoms with Crippen LogP contribution in [0.15, 0.2) is 48.3 Å². The molecule has 0 bridgehead atoms. The van der Waals surface area contributed by atoms with Crippen LogP contribution in [0.2, 0.25) is 0 Å². The van der Waals surface area contributed by atoms with E-state index in [0.717, 1.165) is 12.1 Å². The molecule has 3 rings (SSSR count). The summed E-state index contributed by atoms with van der Waals surface area (Å²) in [5.74, 6) is -6.29. The first-order chi connectivity index (χ1) is 15.2. The SMILES string of the molecule is Cc1ccc(-c2ccc(C(F)(F)OC3=CCC(/C=C/CCF)CC3)c(F)c2F)c(F)c1F. The summed E-state index contributed by atoms with van der Waals surface area (Å²) >= 11 is 0. The number of rotatable bonds is 7. The zero-order valence-corrected chi connectivity index (χ0v) is 17.2. The molecule has 172 valence electrons. The van der Waals surface area contributed by atoms with Crippen molar-refractivity contribution < 1.29 is 35.5 Å². The molecular formula is C24H21F7O. The number of benzene rings is 2. The van der Waals surface area contributed by atoms with Gasteiger partial charge in [-0.2, -0.15) is 8.78 Å². The summed E-state index contributed by atoms with van der Waals surface area (Å²) in [5.41, 5.74) is -2.65. The van der Waals surface area contributed by atoms with E-state index in [1.54, 1.807) is 6.08 Å². The van der Waals surface area contributed by atoms with Gasteiger partial charge in [-0.15, -0.1) is 0 Å². The Bertz CT molecular complexity index is 1040. The van der Waals surface area contributed by atoms with Crippen LogP contribution in [0.1, 0.15) is 36.8 Å². The van der Waals surface area contributed by atoms with Crippen molar-refractivity contribution in [3.63, 3.8) is 0 Å². The highest BCUT2D eigenvalue weighted by Crippen LogP contribution is 2.39. The molecule has 0 heterocycles. The molecule has 0 amide bonds. The number of ether oxygens (including phenoxy) is 1. The van der Waals surface area contributed by atoms with Crippen LogP contribution in [0.25, 0.3) is 11.1 Å². The molecule has 2 aromatic rings. The van der Waals surface area contributed by atoms with Crippen LogP contribution in [0.5, 0.6) is 0 Å². The van der Waals surface area contributed by atoms with E-state index in [0.29, 0.717) is 18.9 Å². The van der Waals surface area contributed by atoms with E-state index in [4.69, 9.17) is 0 Å². The quantitative estimate of drug-likeness (QED) is 0.303. The number of halogens is 7. The van der Waals surface area contributed by atoms with Crippen molar-refractivity contribution in [3.05, 3.63) is 82.6 Å². The molecule has 0 spiro atoms. The highest BCUT2D eigenvalue weighted by Gasteiger charge is 2.40. The lowest BCUT2D eigenvalue weighted by Gasteiger charge is -2.25. The molecule has 32 heavy (non-hydrogen) atoms. The lowest BCUT2D eigenvalue weighted by Crippen LogP contribution is -2.22. The molecule has 0 aromatic heterocycles. The van der Waals surface area contributed by atoms with Gasteiger partial charge in [0, 0.05) is 17.5 Å². The van der Waals surface area contributed by atoms with Gasteiger partial charge in [0.25, 0.3) is 0 Å². The maximum Gasteiger partial charge on any atom is 0.429 e. The molecule has 1 unspecified atom stereocenters. The van der Waals surface area contributed by atoms with Crippen molar-refractivity contribution in [2.24, 2.45) is 5.92 Å².